The summed E-state index contributed by atoms with van der Waals surface area (Å²) >= 11 is -1.33. The van der Waals surface area contributed by atoms with Crippen molar-refractivity contribution in [3.8, 4) is 11.5 Å². The fourth-order valence-electron chi connectivity index (χ4n) is 2.61. The van der Waals surface area contributed by atoms with Gasteiger partial charge in [-0.15, -0.1) is 0 Å². The molecule has 6 nitrogen and oxygen atoms in total. The third kappa shape index (κ3) is 4.39. The standard InChI is InChI=1S/C17H19N3O3S.K/c1-10-8-18-15(11(2)16(10)23-4)9-24(21)17-19-13-6-5-12(22-3)7-14(13)20-17;/h5-8H,9H2,1-4H3,(H,19,20);. The van der Waals surface area contributed by atoms with E-state index in [1.165, 1.54) is 0 Å². The molecule has 3 rings (SSSR count). The van der Waals surface area contributed by atoms with Crippen molar-refractivity contribution in [1.29, 1.82) is 0 Å². The quantitative estimate of drug-likeness (QED) is 0.540. The zero-order chi connectivity index (χ0) is 17.3. The molecule has 0 aliphatic carbocycles. The SMILES string of the molecule is COc1ccc2[nH]c([S+]([O-])Cc3ncc(C)c(OC)c3C)nc2c1.[K]. The zero-order valence-electron chi connectivity index (χ0n) is 15.0. The number of imidazole rings is 1. The first-order chi connectivity index (χ1) is 11.5. The maximum absolute atomic E-state index is 12.7. The summed E-state index contributed by atoms with van der Waals surface area (Å²) in [5, 5.41) is 0.430. The molecule has 0 fully saturated rings. The fourth-order valence-corrected chi connectivity index (χ4v) is 3.71. The first-order valence-electron chi connectivity index (χ1n) is 7.44. The summed E-state index contributed by atoms with van der Waals surface area (Å²) in [4.78, 5) is 11.9. The van der Waals surface area contributed by atoms with Crippen LogP contribution in [0.1, 0.15) is 16.8 Å². The Hall–Kier alpha value is -0.614. The Morgan fingerprint density at radius 1 is 1.20 bits per heavy atom. The summed E-state index contributed by atoms with van der Waals surface area (Å²) in [6, 6.07) is 5.51. The van der Waals surface area contributed by atoms with E-state index in [4.69, 9.17) is 9.47 Å². The van der Waals surface area contributed by atoms with E-state index in [2.05, 4.69) is 15.0 Å². The van der Waals surface area contributed by atoms with Crippen LogP contribution in [0.5, 0.6) is 11.5 Å². The number of benzene rings is 1. The van der Waals surface area contributed by atoms with Crippen molar-refractivity contribution in [2.24, 2.45) is 0 Å². The molecule has 0 amide bonds. The van der Waals surface area contributed by atoms with Gasteiger partial charge >= 0.3 is 5.16 Å². The Morgan fingerprint density at radius 2 is 1.96 bits per heavy atom. The van der Waals surface area contributed by atoms with Crippen LogP contribution in [0.2, 0.25) is 0 Å². The van der Waals surface area contributed by atoms with Crippen molar-refractivity contribution in [2.45, 2.75) is 24.8 Å². The molecule has 127 valence electrons. The molecule has 2 heterocycles. The molecule has 2 aromatic heterocycles. The molecule has 0 saturated carbocycles. The number of hydrogen-bond acceptors (Lipinski definition) is 5. The molecule has 1 atom stereocenters. The van der Waals surface area contributed by atoms with Crippen molar-refractivity contribution in [3.63, 3.8) is 0 Å². The maximum atomic E-state index is 12.7. The fraction of sp³-hybridized carbons (Fsp3) is 0.294. The summed E-state index contributed by atoms with van der Waals surface area (Å²) in [6.07, 6.45) is 1.74. The minimum absolute atomic E-state index is 0. The second-order valence-corrected chi connectivity index (χ2v) is 6.83. The van der Waals surface area contributed by atoms with E-state index >= 15 is 0 Å². The number of methoxy groups -OCH3 is 2. The predicted molar refractivity (Wildman–Crippen MR) is 98.8 cm³/mol. The van der Waals surface area contributed by atoms with Gasteiger partial charge in [-0.1, -0.05) is 0 Å². The molecule has 25 heavy (non-hydrogen) atoms. The first kappa shape index (κ1) is 20.7. The second kappa shape index (κ2) is 8.85. The molecular weight excluding hydrogens is 365 g/mol. The monoisotopic (exact) mass is 384 g/mol. The summed E-state index contributed by atoms with van der Waals surface area (Å²) in [7, 11) is 3.23. The average molecular weight is 385 g/mol. The van der Waals surface area contributed by atoms with Crippen molar-refractivity contribution in [3.05, 3.63) is 41.2 Å². The summed E-state index contributed by atoms with van der Waals surface area (Å²) in [5.74, 6) is 1.78. The molecule has 1 radical (unpaired) electrons. The number of aromatic amines is 1. The Labute approximate surface area is 192 Å². The molecule has 0 bridgehead atoms. The van der Waals surface area contributed by atoms with Gasteiger partial charge in [-0.25, -0.2) is 0 Å². The van der Waals surface area contributed by atoms with Crippen LogP contribution in [0, 0.1) is 13.8 Å². The number of nitrogens with one attached hydrogen (secondary N) is 1. The Morgan fingerprint density at radius 3 is 2.64 bits per heavy atom. The molecule has 3 aromatic rings. The third-order valence-corrected chi connectivity index (χ3v) is 5.06. The molecule has 1 aromatic carbocycles. The van der Waals surface area contributed by atoms with Crippen LogP contribution in [-0.2, 0) is 16.9 Å². The van der Waals surface area contributed by atoms with Gasteiger partial charge in [0.1, 0.15) is 11.5 Å². The van der Waals surface area contributed by atoms with Crippen molar-refractivity contribution in [1.82, 2.24) is 15.0 Å². The topological polar surface area (TPSA) is 83.1 Å². The molecule has 0 aliphatic rings. The van der Waals surface area contributed by atoms with Crippen molar-refractivity contribution < 1.29 is 14.0 Å². The van der Waals surface area contributed by atoms with E-state index in [0.29, 0.717) is 10.9 Å². The minimum Gasteiger partial charge on any atom is -0.609 e. The van der Waals surface area contributed by atoms with E-state index in [1.807, 2.05) is 32.0 Å². The van der Waals surface area contributed by atoms with E-state index in [1.54, 1.807) is 20.4 Å². The van der Waals surface area contributed by atoms with Crippen molar-refractivity contribution in [2.75, 3.05) is 14.2 Å². The molecule has 1 N–H and O–H groups in total. The molecule has 8 heteroatoms. The number of ether oxygens (including phenoxy) is 2. The van der Waals surface area contributed by atoms with Crippen LogP contribution >= 0.6 is 0 Å². The third-order valence-electron chi connectivity index (χ3n) is 3.90. The summed E-state index contributed by atoms with van der Waals surface area (Å²) < 4.78 is 23.3. The molecule has 1 unspecified atom stereocenters. The Balaban J connectivity index is 0.00000225. The van der Waals surface area contributed by atoms with Crippen LogP contribution < -0.4 is 9.47 Å². The van der Waals surface area contributed by atoms with Crippen molar-refractivity contribution >= 4 is 73.6 Å². The molecular formula is C17H19KN3O3S. The van der Waals surface area contributed by atoms with Gasteiger partial charge in [0.05, 0.1) is 30.9 Å². The largest absolute Gasteiger partial charge is 0.609 e. The number of fused-ring (bicyclic) bond motifs is 1. The smallest absolute Gasteiger partial charge is 0.322 e. The van der Waals surface area contributed by atoms with Gasteiger partial charge in [-0.05, 0) is 26.0 Å². The summed E-state index contributed by atoms with van der Waals surface area (Å²) in [5.41, 5.74) is 4.16. The minimum atomic E-state index is -1.33. The van der Waals surface area contributed by atoms with Crippen LogP contribution in [0.4, 0.5) is 0 Å². The number of aryl methyl sites for hydroxylation is 1. The number of nitrogens with zero attached hydrogens (tertiary/aromatic N) is 2. The van der Waals surface area contributed by atoms with Gasteiger partial charge in [-0.3, -0.25) is 9.97 Å². The first-order valence-corrected chi connectivity index (χ1v) is 8.76. The molecule has 0 aliphatic heterocycles. The number of rotatable bonds is 5. The van der Waals surface area contributed by atoms with Gasteiger partial charge < -0.3 is 14.0 Å². The van der Waals surface area contributed by atoms with Gasteiger partial charge in [-0.2, -0.15) is 4.98 Å². The van der Waals surface area contributed by atoms with E-state index < -0.39 is 11.2 Å². The Kier molecular flexibility index (Phi) is 7.33. The predicted octanol–water partition coefficient (Wildman–Crippen LogP) is 2.52. The van der Waals surface area contributed by atoms with Crippen LogP contribution in [0.25, 0.3) is 11.0 Å². The van der Waals surface area contributed by atoms with E-state index in [9.17, 15) is 4.55 Å². The van der Waals surface area contributed by atoms with Gasteiger partial charge in [0.15, 0.2) is 5.75 Å². The maximum Gasteiger partial charge on any atom is 0.322 e. The number of aromatic nitrogens is 3. The number of pyridine rings is 1. The van der Waals surface area contributed by atoms with Crippen LogP contribution in [-0.4, -0.2) is 85.1 Å². The number of hydrogen-bond donors (Lipinski definition) is 1. The number of H-pyrrole nitrogens is 1. The Bertz CT molecular complexity index is 885. The average Bonchev–Trinajstić information content (AvgIpc) is 3.01. The molecule has 0 spiro atoms. The second-order valence-electron chi connectivity index (χ2n) is 5.46. The normalized spacial score (nSPS) is 11.9. The van der Waals surface area contributed by atoms with E-state index in [0.717, 1.165) is 33.6 Å². The van der Waals surface area contributed by atoms with Crippen LogP contribution in [0.15, 0.2) is 29.6 Å². The van der Waals surface area contributed by atoms with Gasteiger partial charge in [0.2, 0.25) is 0 Å². The van der Waals surface area contributed by atoms with Crippen LogP contribution in [0.3, 0.4) is 0 Å². The zero-order valence-corrected chi connectivity index (χ0v) is 19.0. The van der Waals surface area contributed by atoms with E-state index in [-0.39, 0.29) is 57.1 Å². The molecule has 0 saturated heterocycles. The van der Waals surface area contributed by atoms with Gasteiger partial charge in [0.25, 0.3) is 0 Å². The summed E-state index contributed by atoms with van der Waals surface area (Å²) in [6.45, 7) is 3.86. The van der Waals surface area contributed by atoms with Gasteiger partial charge in [0, 0.05) is 86.0 Å².